The molecule has 3 rings (SSSR count). The van der Waals surface area contributed by atoms with E-state index in [0.717, 1.165) is 6.42 Å². The molecule has 0 aromatic carbocycles. The zero-order chi connectivity index (χ0) is 10.6. The average molecular weight is 208 g/mol. The Morgan fingerprint density at radius 3 is 2.93 bits per heavy atom. The van der Waals surface area contributed by atoms with E-state index in [4.69, 9.17) is 4.74 Å². The summed E-state index contributed by atoms with van der Waals surface area (Å²) in [5.74, 6) is 0.118. The lowest BCUT2D eigenvalue weighted by Gasteiger charge is -2.13. The summed E-state index contributed by atoms with van der Waals surface area (Å²) in [6.07, 6.45) is 4.21. The van der Waals surface area contributed by atoms with Gasteiger partial charge in [-0.3, -0.25) is 4.79 Å². The van der Waals surface area contributed by atoms with Crippen LogP contribution in [0.1, 0.15) is 6.42 Å². The monoisotopic (exact) mass is 208 g/mol. The number of epoxide rings is 1. The van der Waals surface area contributed by atoms with E-state index in [9.17, 15) is 9.59 Å². The molecular weight excluding hydrogens is 196 g/mol. The maximum atomic E-state index is 11.8. The number of ketones is 1. The minimum absolute atomic E-state index is 0.0718. The zero-order valence-corrected chi connectivity index (χ0v) is 8.38. The number of esters is 1. The Labute approximate surface area is 87.2 Å². The van der Waals surface area contributed by atoms with E-state index < -0.39 is 6.10 Å². The van der Waals surface area contributed by atoms with Crippen LogP contribution >= 0.6 is 0 Å². The molecule has 80 valence electrons. The van der Waals surface area contributed by atoms with Gasteiger partial charge in [0.2, 0.25) is 0 Å². The Morgan fingerprint density at radius 2 is 2.33 bits per heavy atom. The van der Waals surface area contributed by atoms with Crippen LogP contribution in [0.15, 0.2) is 12.2 Å². The van der Waals surface area contributed by atoms with Gasteiger partial charge >= 0.3 is 5.97 Å². The summed E-state index contributed by atoms with van der Waals surface area (Å²) < 4.78 is 9.83. The van der Waals surface area contributed by atoms with E-state index in [1.165, 1.54) is 7.11 Å². The number of allylic oxidation sites excluding steroid dienone is 2. The van der Waals surface area contributed by atoms with E-state index in [0.29, 0.717) is 0 Å². The van der Waals surface area contributed by atoms with Gasteiger partial charge in [0.1, 0.15) is 11.9 Å². The molecule has 5 unspecified atom stereocenters. The maximum absolute atomic E-state index is 11.8. The first-order chi connectivity index (χ1) is 7.22. The molecule has 2 bridgehead atoms. The maximum Gasteiger partial charge on any atom is 0.337 e. The van der Waals surface area contributed by atoms with E-state index in [1.807, 2.05) is 6.08 Å². The lowest BCUT2D eigenvalue weighted by molar-refractivity contribution is -0.142. The topological polar surface area (TPSA) is 55.9 Å². The lowest BCUT2D eigenvalue weighted by Crippen LogP contribution is -2.27. The van der Waals surface area contributed by atoms with Gasteiger partial charge in [0.25, 0.3) is 0 Å². The molecule has 3 aliphatic rings. The van der Waals surface area contributed by atoms with Gasteiger partial charge in [-0.25, -0.2) is 4.79 Å². The van der Waals surface area contributed by atoms with Crippen LogP contribution in [-0.4, -0.2) is 31.1 Å². The second-order valence-corrected chi connectivity index (χ2v) is 4.36. The molecular formula is C11H12O4. The normalized spacial score (nSPS) is 45.9. The van der Waals surface area contributed by atoms with Crippen molar-refractivity contribution in [2.75, 3.05) is 7.11 Å². The highest BCUT2D eigenvalue weighted by Gasteiger charge is 2.59. The van der Waals surface area contributed by atoms with Crippen molar-refractivity contribution < 1.29 is 19.1 Å². The molecule has 5 atom stereocenters. The molecule has 0 spiro atoms. The predicted octanol–water partition coefficient (Wildman–Crippen LogP) is 0.318. The number of carbonyl (C=O) groups excluding carboxylic acids is 2. The van der Waals surface area contributed by atoms with Gasteiger partial charge in [-0.05, 0) is 12.3 Å². The number of Topliss-reactive ketones (excluding diaryl/α,β-unsaturated/α-hetero) is 1. The lowest BCUT2D eigenvalue weighted by atomic mass is 9.88. The van der Waals surface area contributed by atoms with Crippen molar-refractivity contribution in [3.05, 3.63) is 12.2 Å². The summed E-state index contributed by atoms with van der Waals surface area (Å²) >= 11 is 0. The molecule has 0 radical (unpaired) electrons. The molecule has 0 aromatic heterocycles. The van der Waals surface area contributed by atoms with Crippen molar-refractivity contribution in [3.8, 4) is 0 Å². The van der Waals surface area contributed by atoms with Crippen molar-refractivity contribution in [1.82, 2.24) is 0 Å². The molecule has 1 aliphatic heterocycles. The number of carbonyl (C=O) groups is 2. The molecule has 0 aromatic rings. The Morgan fingerprint density at radius 1 is 1.53 bits per heavy atom. The van der Waals surface area contributed by atoms with Gasteiger partial charge < -0.3 is 9.47 Å². The Kier molecular flexibility index (Phi) is 1.77. The fourth-order valence-corrected chi connectivity index (χ4v) is 2.77. The van der Waals surface area contributed by atoms with Gasteiger partial charge in [-0.2, -0.15) is 0 Å². The van der Waals surface area contributed by atoms with Crippen LogP contribution in [-0.2, 0) is 19.1 Å². The number of fused-ring (bicyclic) bond motifs is 2. The molecule has 4 heteroatoms. The standard InChI is InChI=1S/C11H12O4/c1-14-11(13)10-9(15-10)7-5-2-3-6(4-5)8(7)12/h2-3,5-7,9-10H,4H2,1H3. The second kappa shape index (κ2) is 2.92. The molecule has 15 heavy (non-hydrogen) atoms. The molecule has 1 saturated heterocycles. The van der Waals surface area contributed by atoms with Crippen molar-refractivity contribution in [1.29, 1.82) is 0 Å². The zero-order valence-electron chi connectivity index (χ0n) is 8.38. The van der Waals surface area contributed by atoms with Crippen molar-refractivity contribution in [3.63, 3.8) is 0 Å². The minimum Gasteiger partial charge on any atom is -0.467 e. The molecule has 4 nitrogen and oxygen atoms in total. The minimum atomic E-state index is -0.503. The van der Waals surface area contributed by atoms with Crippen LogP contribution in [0.4, 0.5) is 0 Å². The largest absolute Gasteiger partial charge is 0.467 e. The fraction of sp³-hybridized carbons (Fsp3) is 0.636. The summed E-state index contributed by atoms with van der Waals surface area (Å²) in [6.45, 7) is 0. The molecule has 0 N–H and O–H groups in total. The second-order valence-electron chi connectivity index (χ2n) is 4.36. The third-order valence-corrected chi connectivity index (χ3v) is 3.58. The van der Waals surface area contributed by atoms with Gasteiger partial charge in [-0.1, -0.05) is 12.2 Å². The molecule has 2 aliphatic carbocycles. The van der Waals surface area contributed by atoms with Gasteiger partial charge in [0.05, 0.1) is 13.0 Å². The first-order valence-electron chi connectivity index (χ1n) is 5.17. The first-order valence-corrected chi connectivity index (χ1v) is 5.17. The quantitative estimate of drug-likeness (QED) is 0.372. The number of hydrogen-bond donors (Lipinski definition) is 0. The van der Waals surface area contributed by atoms with E-state index in [-0.39, 0.29) is 35.6 Å². The fourth-order valence-electron chi connectivity index (χ4n) is 2.77. The van der Waals surface area contributed by atoms with Crippen molar-refractivity contribution in [2.24, 2.45) is 17.8 Å². The highest BCUT2D eigenvalue weighted by Crippen LogP contribution is 2.48. The van der Waals surface area contributed by atoms with Crippen LogP contribution < -0.4 is 0 Å². The van der Waals surface area contributed by atoms with Gasteiger partial charge in [-0.15, -0.1) is 0 Å². The van der Waals surface area contributed by atoms with Crippen LogP contribution in [0.5, 0.6) is 0 Å². The van der Waals surface area contributed by atoms with E-state index in [1.54, 1.807) is 0 Å². The van der Waals surface area contributed by atoms with Crippen LogP contribution in [0.25, 0.3) is 0 Å². The highest BCUT2D eigenvalue weighted by molar-refractivity contribution is 5.91. The van der Waals surface area contributed by atoms with Crippen LogP contribution in [0.2, 0.25) is 0 Å². The predicted molar refractivity (Wildman–Crippen MR) is 49.9 cm³/mol. The summed E-state index contributed by atoms with van der Waals surface area (Å²) in [5.41, 5.74) is 0. The van der Waals surface area contributed by atoms with E-state index in [2.05, 4.69) is 10.8 Å². The SMILES string of the molecule is COC(=O)C1OC1C1C(=O)C2C=CC1C2. The van der Waals surface area contributed by atoms with Gasteiger partial charge in [0.15, 0.2) is 6.10 Å². The van der Waals surface area contributed by atoms with Gasteiger partial charge in [0, 0.05) is 5.92 Å². The summed E-state index contributed by atoms with van der Waals surface area (Å²) in [6, 6.07) is 0. The first kappa shape index (κ1) is 9.09. The summed E-state index contributed by atoms with van der Waals surface area (Å²) in [4.78, 5) is 23.0. The summed E-state index contributed by atoms with van der Waals surface area (Å²) in [7, 11) is 1.34. The average Bonchev–Trinajstić information content (AvgIpc) is 2.76. The van der Waals surface area contributed by atoms with E-state index >= 15 is 0 Å². The van der Waals surface area contributed by atoms with Crippen molar-refractivity contribution >= 4 is 11.8 Å². The van der Waals surface area contributed by atoms with Crippen molar-refractivity contribution in [2.45, 2.75) is 18.6 Å². The Hall–Kier alpha value is -1.16. The highest BCUT2D eigenvalue weighted by atomic mass is 16.6. The van der Waals surface area contributed by atoms with Crippen LogP contribution in [0, 0.1) is 17.8 Å². The Balaban J connectivity index is 1.73. The van der Waals surface area contributed by atoms with Crippen LogP contribution in [0.3, 0.4) is 0 Å². The third-order valence-electron chi connectivity index (χ3n) is 3.58. The number of hydrogen-bond acceptors (Lipinski definition) is 4. The molecule has 1 heterocycles. The smallest absolute Gasteiger partial charge is 0.337 e. The molecule has 1 saturated carbocycles. The number of methoxy groups -OCH3 is 1. The summed E-state index contributed by atoms with van der Waals surface area (Å²) in [5, 5.41) is 0. The molecule has 0 amide bonds. The molecule has 2 fully saturated rings. The number of ether oxygens (including phenoxy) is 2. The third kappa shape index (κ3) is 1.17. The Bertz CT molecular complexity index is 360. The number of rotatable bonds is 2.